The van der Waals surface area contributed by atoms with Gasteiger partial charge in [-0.2, -0.15) is 0 Å². The minimum absolute atomic E-state index is 0.119. The quantitative estimate of drug-likeness (QED) is 0.787. The molecule has 0 bridgehead atoms. The molecule has 0 saturated heterocycles. The van der Waals surface area contributed by atoms with E-state index in [1.54, 1.807) is 11.8 Å². The topological polar surface area (TPSA) is 41.5 Å². The van der Waals surface area contributed by atoms with Crippen molar-refractivity contribution in [1.82, 2.24) is 5.32 Å². The van der Waals surface area contributed by atoms with Crippen LogP contribution in [0.25, 0.3) is 0 Å². The average molecular weight is 253 g/mol. The molecule has 17 heavy (non-hydrogen) atoms. The molecule has 1 aliphatic carbocycles. The number of benzene rings is 1. The highest BCUT2D eigenvalue weighted by molar-refractivity contribution is 7.98. The molecule has 1 aliphatic rings. The lowest BCUT2D eigenvalue weighted by atomic mass is 10.1. The fourth-order valence-electron chi connectivity index (χ4n) is 2.33. The first kappa shape index (κ1) is 12.7. The second-order valence-electron chi connectivity index (χ2n) is 4.19. The number of rotatable bonds is 5. The minimum Gasteiger partial charge on any atom is -0.483 e. The van der Waals surface area contributed by atoms with Crippen LogP contribution in [0.2, 0.25) is 0 Å². The van der Waals surface area contributed by atoms with Crippen molar-refractivity contribution in [1.29, 1.82) is 0 Å². The lowest BCUT2D eigenvalue weighted by Gasteiger charge is -2.15. The lowest BCUT2D eigenvalue weighted by Crippen LogP contribution is -2.32. The molecule has 0 heterocycles. The van der Waals surface area contributed by atoms with Gasteiger partial charge in [-0.25, -0.2) is 0 Å². The number of hydrogen-bond donors (Lipinski definition) is 2. The second-order valence-corrected chi connectivity index (χ2v) is 5.00. The Kier molecular flexibility index (Phi) is 4.31. The number of aliphatic hydroxyl groups excluding tert-OH is 1. The van der Waals surface area contributed by atoms with Crippen molar-refractivity contribution in [3.63, 3.8) is 0 Å². The molecule has 0 radical (unpaired) electrons. The van der Waals surface area contributed by atoms with Crippen LogP contribution >= 0.6 is 11.8 Å². The van der Waals surface area contributed by atoms with E-state index in [1.165, 1.54) is 0 Å². The molecule has 0 amide bonds. The minimum atomic E-state index is -0.414. The maximum atomic E-state index is 10.2. The molecule has 2 atom stereocenters. The predicted octanol–water partition coefficient (Wildman–Crippen LogP) is 1.95. The molecule has 2 unspecified atom stereocenters. The number of hydrogen-bond acceptors (Lipinski definition) is 4. The Morgan fingerprint density at radius 3 is 3.06 bits per heavy atom. The van der Waals surface area contributed by atoms with E-state index in [2.05, 4.69) is 12.2 Å². The lowest BCUT2D eigenvalue weighted by molar-refractivity contribution is 0.143. The molecule has 94 valence electrons. The van der Waals surface area contributed by atoms with Crippen LogP contribution in [0.15, 0.2) is 18.2 Å². The number of ether oxygens (including phenoxy) is 1. The molecule has 4 heteroatoms. The Morgan fingerprint density at radius 1 is 1.53 bits per heavy atom. The number of fused-ring (bicyclic) bond motifs is 1. The van der Waals surface area contributed by atoms with Gasteiger partial charge in [0.2, 0.25) is 0 Å². The summed E-state index contributed by atoms with van der Waals surface area (Å²) in [5.41, 5.74) is 2.16. The average Bonchev–Trinajstić information content (AvgIpc) is 2.66. The van der Waals surface area contributed by atoms with E-state index < -0.39 is 6.10 Å². The zero-order valence-corrected chi connectivity index (χ0v) is 11.1. The molecule has 0 aliphatic heterocycles. The van der Waals surface area contributed by atoms with Crippen LogP contribution in [0.3, 0.4) is 0 Å². The van der Waals surface area contributed by atoms with Gasteiger partial charge in [0.1, 0.15) is 11.7 Å². The van der Waals surface area contributed by atoms with Crippen molar-refractivity contribution in [2.24, 2.45) is 0 Å². The summed E-state index contributed by atoms with van der Waals surface area (Å²) in [6.07, 6.45) is 2.44. The fourth-order valence-corrected chi connectivity index (χ4v) is 2.57. The summed E-state index contributed by atoms with van der Waals surface area (Å²) in [6, 6.07) is 6.04. The van der Waals surface area contributed by atoms with Gasteiger partial charge >= 0.3 is 0 Å². The van der Waals surface area contributed by atoms with Crippen molar-refractivity contribution in [3.8, 4) is 5.75 Å². The third-order valence-corrected chi connectivity index (χ3v) is 3.45. The molecule has 0 saturated carbocycles. The van der Waals surface area contributed by atoms with E-state index >= 15 is 0 Å². The van der Waals surface area contributed by atoms with Gasteiger partial charge in [-0.3, -0.25) is 0 Å². The number of nitrogens with one attached hydrogen (secondary N) is 1. The summed E-state index contributed by atoms with van der Waals surface area (Å²) < 4.78 is 5.70. The molecule has 2 rings (SSSR count). The van der Waals surface area contributed by atoms with Gasteiger partial charge in [0.25, 0.3) is 0 Å². The Labute approximate surface area is 107 Å². The largest absolute Gasteiger partial charge is 0.483 e. The summed E-state index contributed by atoms with van der Waals surface area (Å²) in [5, 5.41) is 13.5. The summed E-state index contributed by atoms with van der Waals surface area (Å²) in [7, 11) is 0. The van der Waals surface area contributed by atoms with Gasteiger partial charge in [0, 0.05) is 11.6 Å². The first-order valence-electron chi connectivity index (χ1n) is 5.93. The highest BCUT2D eigenvalue weighted by atomic mass is 32.2. The van der Waals surface area contributed by atoms with Crippen molar-refractivity contribution in [2.75, 3.05) is 18.7 Å². The van der Waals surface area contributed by atoms with E-state index in [-0.39, 0.29) is 6.04 Å². The zero-order valence-electron chi connectivity index (χ0n) is 10.3. The Bertz CT molecular complexity index is 384. The number of aliphatic hydroxyl groups is 1. The van der Waals surface area contributed by atoms with Crippen LogP contribution < -0.4 is 10.1 Å². The highest BCUT2D eigenvalue weighted by Gasteiger charge is 2.32. The molecular formula is C13H19NO2S. The summed E-state index contributed by atoms with van der Waals surface area (Å²) in [4.78, 5) is 0. The van der Waals surface area contributed by atoms with Crippen LogP contribution in [0.5, 0.6) is 5.75 Å². The Balaban J connectivity index is 2.20. The molecule has 0 aromatic heterocycles. The van der Waals surface area contributed by atoms with Crippen molar-refractivity contribution in [2.45, 2.75) is 25.5 Å². The molecule has 0 spiro atoms. The fraction of sp³-hybridized carbons (Fsp3) is 0.538. The van der Waals surface area contributed by atoms with E-state index in [9.17, 15) is 5.11 Å². The van der Waals surface area contributed by atoms with E-state index in [1.807, 2.05) is 24.5 Å². The second kappa shape index (κ2) is 5.76. The third kappa shape index (κ3) is 2.59. The van der Waals surface area contributed by atoms with Gasteiger partial charge in [0.15, 0.2) is 0 Å². The molecule has 3 nitrogen and oxygen atoms in total. The smallest absolute Gasteiger partial charge is 0.133 e. The SMILES string of the molecule is CCNC1Cc2c(OCSC)cccc2C1O. The summed E-state index contributed by atoms with van der Waals surface area (Å²) in [6.45, 7) is 2.93. The standard InChI is InChI=1S/C13H19NO2S/c1-3-14-11-7-10-9(13(11)15)5-4-6-12(10)16-8-17-2/h4-6,11,13-15H,3,7-8H2,1-2H3. The van der Waals surface area contributed by atoms with E-state index in [4.69, 9.17) is 4.74 Å². The monoisotopic (exact) mass is 253 g/mol. The van der Waals surface area contributed by atoms with Gasteiger partial charge in [-0.15, -0.1) is 11.8 Å². The first-order chi connectivity index (χ1) is 8.27. The summed E-state index contributed by atoms with van der Waals surface area (Å²) in [5.74, 6) is 1.56. The number of thioether (sulfide) groups is 1. The van der Waals surface area contributed by atoms with Gasteiger partial charge in [-0.05, 0) is 30.9 Å². The van der Waals surface area contributed by atoms with Gasteiger partial charge in [-0.1, -0.05) is 19.1 Å². The molecule has 1 aromatic rings. The van der Waals surface area contributed by atoms with Crippen molar-refractivity contribution < 1.29 is 9.84 Å². The van der Waals surface area contributed by atoms with Crippen molar-refractivity contribution >= 4 is 11.8 Å². The Morgan fingerprint density at radius 2 is 2.35 bits per heavy atom. The van der Waals surface area contributed by atoms with Crippen LogP contribution in [-0.4, -0.2) is 29.9 Å². The van der Waals surface area contributed by atoms with Crippen LogP contribution in [-0.2, 0) is 6.42 Å². The van der Waals surface area contributed by atoms with Crippen LogP contribution in [0.4, 0.5) is 0 Å². The van der Waals surface area contributed by atoms with E-state index in [0.717, 1.165) is 29.8 Å². The maximum Gasteiger partial charge on any atom is 0.133 e. The first-order valence-corrected chi connectivity index (χ1v) is 7.32. The molecule has 1 aromatic carbocycles. The van der Waals surface area contributed by atoms with Gasteiger partial charge < -0.3 is 15.2 Å². The molecule has 2 N–H and O–H groups in total. The third-order valence-electron chi connectivity index (χ3n) is 3.09. The highest BCUT2D eigenvalue weighted by Crippen LogP contribution is 2.37. The zero-order chi connectivity index (χ0) is 12.3. The van der Waals surface area contributed by atoms with Gasteiger partial charge in [0.05, 0.1) is 6.10 Å². The van der Waals surface area contributed by atoms with Crippen LogP contribution in [0.1, 0.15) is 24.2 Å². The van der Waals surface area contributed by atoms with Crippen LogP contribution in [0, 0.1) is 0 Å². The summed E-state index contributed by atoms with van der Waals surface area (Å²) >= 11 is 1.65. The Hall–Kier alpha value is -0.710. The number of likely N-dealkylation sites (N-methyl/N-ethyl adjacent to an activating group) is 1. The normalized spacial score (nSPS) is 22.5. The molecule has 0 fully saturated rings. The van der Waals surface area contributed by atoms with E-state index in [0.29, 0.717) is 5.94 Å². The maximum absolute atomic E-state index is 10.2. The van der Waals surface area contributed by atoms with Crippen molar-refractivity contribution in [3.05, 3.63) is 29.3 Å². The molecular weight excluding hydrogens is 234 g/mol. The predicted molar refractivity (Wildman–Crippen MR) is 71.6 cm³/mol.